The van der Waals surface area contributed by atoms with Gasteiger partial charge in [0.05, 0.1) is 6.54 Å². The third kappa shape index (κ3) is 4.23. The van der Waals surface area contributed by atoms with Crippen LogP contribution in [0.1, 0.15) is 31.2 Å². The molecule has 0 aliphatic rings. The first kappa shape index (κ1) is 14.9. The van der Waals surface area contributed by atoms with Gasteiger partial charge in [-0.2, -0.15) is 5.10 Å². The molecule has 0 atom stereocenters. The molecule has 0 saturated carbocycles. The van der Waals surface area contributed by atoms with E-state index >= 15 is 0 Å². The van der Waals surface area contributed by atoms with Crippen LogP contribution in [0.5, 0.6) is 0 Å². The number of nitrogens with one attached hydrogen (secondary N) is 1. The molecule has 2 aromatic rings. The van der Waals surface area contributed by atoms with Crippen LogP contribution in [-0.4, -0.2) is 20.6 Å². The summed E-state index contributed by atoms with van der Waals surface area (Å²) >= 11 is 5.73. The maximum Gasteiger partial charge on any atom is 0.146 e. The van der Waals surface area contributed by atoms with E-state index in [0.717, 1.165) is 37.3 Å². The summed E-state index contributed by atoms with van der Waals surface area (Å²) in [6.07, 6.45) is 4.70. The lowest BCUT2D eigenvalue weighted by molar-refractivity contribution is 0.574. The summed E-state index contributed by atoms with van der Waals surface area (Å²) in [5.74, 6) is 1.68. The standard InChI is InChI=1S/C15H21ClN4/c1-2-9-20-15(18-12-19-20)11-17-14-7-3-5-13(10-14)6-4-8-16/h3,5,7,10,12,17H,2,4,6,8-9,11H2,1H3. The Kier molecular flexibility index (Phi) is 5.87. The number of benzene rings is 1. The average Bonchev–Trinajstić information content (AvgIpc) is 2.91. The summed E-state index contributed by atoms with van der Waals surface area (Å²) in [5.41, 5.74) is 2.42. The van der Waals surface area contributed by atoms with Gasteiger partial charge in [0, 0.05) is 18.1 Å². The van der Waals surface area contributed by atoms with E-state index in [1.807, 2.05) is 4.68 Å². The number of aryl methyl sites for hydroxylation is 2. The number of hydrogen-bond acceptors (Lipinski definition) is 3. The van der Waals surface area contributed by atoms with E-state index in [0.29, 0.717) is 12.4 Å². The minimum Gasteiger partial charge on any atom is -0.378 e. The third-order valence-corrected chi connectivity index (χ3v) is 3.38. The topological polar surface area (TPSA) is 42.7 Å². The fourth-order valence-corrected chi connectivity index (χ4v) is 2.25. The Labute approximate surface area is 125 Å². The molecular weight excluding hydrogens is 272 g/mol. The third-order valence-electron chi connectivity index (χ3n) is 3.11. The van der Waals surface area contributed by atoms with Crippen molar-refractivity contribution in [3.8, 4) is 0 Å². The van der Waals surface area contributed by atoms with Gasteiger partial charge in [0.1, 0.15) is 12.2 Å². The molecule has 1 aromatic heterocycles. The van der Waals surface area contributed by atoms with Crippen LogP contribution in [0.4, 0.5) is 5.69 Å². The first-order chi connectivity index (χ1) is 9.83. The molecule has 1 heterocycles. The van der Waals surface area contributed by atoms with Crippen molar-refractivity contribution in [2.24, 2.45) is 0 Å². The monoisotopic (exact) mass is 292 g/mol. The van der Waals surface area contributed by atoms with Gasteiger partial charge in [0.2, 0.25) is 0 Å². The number of hydrogen-bond donors (Lipinski definition) is 1. The second-order valence-corrected chi connectivity index (χ2v) is 5.12. The fraction of sp³-hybridized carbons (Fsp3) is 0.467. The Balaban J connectivity index is 1.94. The number of rotatable bonds is 8. The van der Waals surface area contributed by atoms with Crippen molar-refractivity contribution in [3.63, 3.8) is 0 Å². The van der Waals surface area contributed by atoms with E-state index < -0.39 is 0 Å². The molecule has 1 aromatic carbocycles. The number of aromatic nitrogens is 3. The molecule has 1 N–H and O–H groups in total. The molecule has 0 saturated heterocycles. The minimum absolute atomic E-state index is 0.693. The average molecular weight is 293 g/mol. The highest BCUT2D eigenvalue weighted by molar-refractivity contribution is 6.17. The normalized spacial score (nSPS) is 10.7. The van der Waals surface area contributed by atoms with Gasteiger partial charge in [0.15, 0.2) is 0 Å². The summed E-state index contributed by atoms with van der Waals surface area (Å²) in [6, 6.07) is 8.46. The lowest BCUT2D eigenvalue weighted by Crippen LogP contribution is -2.10. The smallest absolute Gasteiger partial charge is 0.146 e. The van der Waals surface area contributed by atoms with Gasteiger partial charge in [0.25, 0.3) is 0 Å². The molecule has 0 fully saturated rings. The molecule has 0 amide bonds. The summed E-state index contributed by atoms with van der Waals surface area (Å²) in [5, 5.41) is 7.63. The van der Waals surface area contributed by atoms with Crippen molar-refractivity contribution in [1.29, 1.82) is 0 Å². The van der Waals surface area contributed by atoms with Crippen LogP contribution < -0.4 is 5.32 Å². The number of anilines is 1. The van der Waals surface area contributed by atoms with E-state index in [-0.39, 0.29) is 0 Å². The largest absolute Gasteiger partial charge is 0.378 e. The zero-order chi connectivity index (χ0) is 14.2. The van der Waals surface area contributed by atoms with Gasteiger partial charge in [-0.3, -0.25) is 0 Å². The molecule has 5 heteroatoms. The highest BCUT2D eigenvalue weighted by atomic mass is 35.5. The maximum atomic E-state index is 5.73. The first-order valence-electron chi connectivity index (χ1n) is 7.09. The van der Waals surface area contributed by atoms with Crippen molar-refractivity contribution >= 4 is 17.3 Å². The molecule has 0 bridgehead atoms. The molecule has 0 aliphatic carbocycles. The highest BCUT2D eigenvalue weighted by Crippen LogP contribution is 2.13. The van der Waals surface area contributed by atoms with Crippen LogP contribution in [0.3, 0.4) is 0 Å². The Morgan fingerprint density at radius 3 is 3.05 bits per heavy atom. The highest BCUT2D eigenvalue weighted by Gasteiger charge is 2.03. The first-order valence-corrected chi connectivity index (χ1v) is 7.62. The van der Waals surface area contributed by atoms with E-state index in [4.69, 9.17) is 11.6 Å². The minimum atomic E-state index is 0.693. The zero-order valence-corrected chi connectivity index (χ0v) is 12.6. The Morgan fingerprint density at radius 1 is 1.35 bits per heavy atom. The summed E-state index contributed by atoms with van der Waals surface area (Å²) < 4.78 is 1.95. The molecule has 4 nitrogen and oxygen atoms in total. The van der Waals surface area contributed by atoms with Crippen molar-refractivity contribution in [1.82, 2.24) is 14.8 Å². The fourth-order valence-electron chi connectivity index (χ4n) is 2.11. The Bertz CT molecular complexity index is 524. The molecule has 108 valence electrons. The van der Waals surface area contributed by atoms with E-state index in [1.54, 1.807) is 6.33 Å². The molecule has 0 spiro atoms. The lowest BCUT2D eigenvalue weighted by Gasteiger charge is -2.09. The number of nitrogens with zero attached hydrogens (tertiary/aromatic N) is 3. The molecular formula is C15H21ClN4. The van der Waals surface area contributed by atoms with E-state index in [9.17, 15) is 0 Å². The van der Waals surface area contributed by atoms with E-state index in [1.165, 1.54) is 5.56 Å². The molecule has 0 unspecified atom stereocenters. The van der Waals surface area contributed by atoms with Gasteiger partial charge in [-0.1, -0.05) is 19.1 Å². The van der Waals surface area contributed by atoms with Crippen LogP contribution in [0.25, 0.3) is 0 Å². The molecule has 0 radical (unpaired) electrons. The predicted molar refractivity (Wildman–Crippen MR) is 83.1 cm³/mol. The van der Waals surface area contributed by atoms with Crippen molar-refractivity contribution in [2.75, 3.05) is 11.2 Å². The van der Waals surface area contributed by atoms with Crippen LogP contribution in [-0.2, 0) is 19.5 Å². The SMILES string of the molecule is CCCn1ncnc1CNc1cccc(CCCCl)c1. The van der Waals surface area contributed by atoms with Crippen molar-refractivity contribution < 1.29 is 0 Å². The summed E-state index contributed by atoms with van der Waals surface area (Å²) in [4.78, 5) is 4.29. The van der Waals surface area contributed by atoms with Gasteiger partial charge in [-0.25, -0.2) is 9.67 Å². The van der Waals surface area contributed by atoms with Crippen molar-refractivity contribution in [2.45, 2.75) is 39.3 Å². The predicted octanol–water partition coefficient (Wildman–Crippen LogP) is 3.47. The van der Waals surface area contributed by atoms with Crippen LogP contribution >= 0.6 is 11.6 Å². The summed E-state index contributed by atoms with van der Waals surface area (Å²) in [7, 11) is 0. The second kappa shape index (κ2) is 7.90. The van der Waals surface area contributed by atoms with Gasteiger partial charge in [-0.05, 0) is 37.0 Å². The Morgan fingerprint density at radius 2 is 2.25 bits per heavy atom. The maximum absolute atomic E-state index is 5.73. The quantitative estimate of drug-likeness (QED) is 0.758. The van der Waals surface area contributed by atoms with Gasteiger partial charge in [-0.15, -0.1) is 11.6 Å². The van der Waals surface area contributed by atoms with E-state index in [2.05, 4.69) is 46.6 Å². The number of halogens is 1. The summed E-state index contributed by atoms with van der Waals surface area (Å²) in [6.45, 7) is 3.74. The lowest BCUT2D eigenvalue weighted by atomic mass is 10.1. The molecule has 0 aliphatic heterocycles. The molecule has 2 rings (SSSR count). The van der Waals surface area contributed by atoms with Crippen molar-refractivity contribution in [3.05, 3.63) is 42.0 Å². The van der Waals surface area contributed by atoms with Gasteiger partial charge >= 0.3 is 0 Å². The molecule has 20 heavy (non-hydrogen) atoms. The van der Waals surface area contributed by atoms with Crippen LogP contribution in [0.2, 0.25) is 0 Å². The zero-order valence-electron chi connectivity index (χ0n) is 11.8. The van der Waals surface area contributed by atoms with Crippen LogP contribution in [0, 0.1) is 0 Å². The van der Waals surface area contributed by atoms with Gasteiger partial charge < -0.3 is 5.32 Å². The Hall–Kier alpha value is -1.55. The van der Waals surface area contributed by atoms with Crippen LogP contribution in [0.15, 0.2) is 30.6 Å². The second-order valence-electron chi connectivity index (χ2n) is 4.75. The number of alkyl halides is 1.